The minimum atomic E-state index is -4.69. The standard InChI is InChI=1S/C27H26F4N2O4S/c1-37-17-18-2-4-19(5-3-18)20-6-9-22(10-7-20)38(35,36)23-12-14-33(15-13-23)26(34)32-25-16-21(27(29,30)31)8-11-24(25)28/h2-11,16,23H,12-15,17H2,1H3,(H,32,34). The number of alkyl halides is 3. The minimum Gasteiger partial charge on any atom is -0.380 e. The maximum absolute atomic E-state index is 14.0. The zero-order chi connectivity index (χ0) is 27.5. The fourth-order valence-electron chi connectivity index (χ4n) is 4.35. The van der Waals surface area contributed by atoms with Gasteiger partial charge in [0.15, 0.2) is 9.84 Å². The first-order chi connectivity index (χ1) is 18.0. The number of ether oxygens (including phenoxy) is 1. The van der Waals surface area contributed by atoms with E-state index < -0.39 is 44.4 Å². The van der Waals surface area contributed by atoms with Gasteiger partial charge in [0.25, 0.3) is 0 Å². The molecule has 0 radical (unpaired) electrons. The highest BCUT2D eigenvalue weighted by molar-refractivity contribution is 7.92. The number of hydrogen-bond acceptors (Lipinski definition) is 4. The van der Waals surface area contributed by atoms with Crippen LogP contribution in [-0.4, -0.2) is 44.8 Å². The Kier molecular flexibility index (Phi) is 8.08. The van der Waals surface area contributed by atoms with Crippen molar-refractivity contribution in [3.05, 3.63) is 83.7 Å². The van der Waals surface area contributed by atoms with E-state index in [2.05, 4.69) is 5.32 Å². The molecule has 0 saturated carbocycles. The summed E-state index contributed by atoms with van der Waals surface area (Å²) in [7, 11) is -2.05. The zero-order valence-electron chi connectivity index (χ0n) is 20.5. The molecule has 0 aromatic heterocycles. The van der Waals surface area contributed by atoms with Gasteiger partial charge in [-0.3, -0.25) is 0 Å². The molecule has 0 unspecified atom stereocenters. The fraction of sp³-hybridized carbons (Fsp3) is 0.296. The molecule has 3 aromatic rings. The van der Waals surface area contributed by atoms with E-state index in [9.17, 15) is 30.8 Å². The molecule has 202 valence electrons. The molecule has 38 heavy (non-hydrogen) atoms. The second-order valence-electron chi connectivity index (χ2n) is 9.01. The van der Waals surface area contributed by atoms with Gasteiger partial charge < -0.3 is 15.0 Å². The molecule has 1 N–H and O–H groups in total. The number of piperidine rings is 1. The molecule has 0 aliphatic carbocycles. The Morgan fingerprint density at radius 2 is 1.55 bits per heavy atom. The quantitative estimate of drug-likeness (QED) is 0.375. The van der Waals surface area contributed by atoms with Crippen molar-refractivity contribution in [2.45, 2.75) is 35.8 Å². The van der Waals surface area contributed by atoms with Crippen molar-refractivity contribution < 1.29 is 35.5 Å². The molecule has 6 nitrogen and oxygen atoms in total. The van der Waals surface area contributed by atoms with Crippen molar-refractivity contribution in [3.8, 4) is 11.1 Å². The number of amides is 2. The summed E-state index contributed by atoms with van der Waals surface area (Å²) in [6.45, 7) is 0.616. The Morgan fingerprint density at radius 3 is 2.11 bits per heavy atom. The van der Waals surface area contributed by atoms with Crippen LogP contribution in [0.3, 0.4) is 0 Å². The van der Waals surface area contributed by atoms with Gasteiger partial charge in [-0.1, -0.05) is 36.4 Å². The van der Waals surface area contributed by atoms with E-state index in [1.807, 2.05) is 24.3 Å². The number of hydrogen-bond donors (Lipinski definition) is 1. The molecule has 0 atom stereocenters. The Balaban J connectivity index is 1.38. The highest BCUT2D eigenvalue weighted by atomic mass is 32.2. The van der Waals surface area contributed by atoms with Gasteiger partial charge in [-0.25, -0.2) is 17.6 Å². The first kappa shape index (κ1) is 27.6. The van der Waals surface area contributed by atoms with Crippen LogP contribution in [0, 0.1) is 5.82 Å². The Morgan fingerprint density at radius 1 is 0.974 bits per heavy atom. The van der Waals surface area contributed by atoms with E-state index in [1.165, 1.54) is 4.90 Å². The summed E-state index contributed by atoms with van der Waals surface area (Å²) in [6.07, 6.45) is -4.40. The van der Waals surface area contributed by atoms with E-state index in [0.29, 0.717) is 24.8 Å². The zero-order valence-corrected chi connectivity index (χ0v) is 21.3. The summed E-state index contributed by atoms with van der Waals surface area (Å²) in [4.78, 5) is 14.0. The van der Waals surface area contributed by atoms with E-state index in [4.69, 9.17) is 4.74 Å². The van der Waals surface area contributed by atoms with Crippen molar-refractivity contribution in [2.24, 2.45) is 0 Å². The van der Waals surface area contributed by atoms with Gasteiger partial charge in [0, 0.05) is 20.2 Å². The van der Waals surface area contributed by atoms with E-state index in [1.54, 1.807) is 31.4 Å². The highest BCUT2D eigenvalue weighted by Gasteiger charge is 2.34. The average Bonchev–Trinajstić information content (AvgIpc) is 2.90. The van der Waals surface area contributed by atoms with Crippen molar-refractivity contribution in [1.82, 2.24) is 4.90 Å². The molecule has 3 aromatic carbocycles. The summed E-state index contributed by atoms with van der Waals surface area (Å²) < 4.78 is 84.3. The number of nitrogens with one attached hydrogen (secondary N) is 1. The number of methoxy groups -OCH3 is 1. The number of urea groups is 1. The Labute approximate surface area is 218 Å². The van der Waals surface area contributed by atoms with Gasteiger partial charge >= 0.3 is 12.2 Å². The van der Waals surface area contributed by atoms with Crippen molar-refractivity contribution in [1.29, 1.82) is 0 Å². The molecule has 2 amide bonds. The van der Waals surface area contributed by atoms with Gasteiger partial charge in [-0.15, -0.1) is 0 Å². The van der Waals surface area contributed by atoms with Crippen LogP contribution in [0.2, 0.25) is 0 Å². The molecular formula is C27H26F4N2O4S. The summed E-state index contributed by atoms with van der Waals surface area (Å²) in [5.74, 6) is -1.00. The Bertz CT molecular complexity index is 1380. The van der Waals surface area contributed by atoms with Crippen molar-refractivity contribution in [3.63, 3.8) is 0 Å². The molecule has 0 bridgehead atoms. The lowest BCUT2D eigenvalue weighted by Gasteiger charge is -2.31. The number of anilines is 1. The normalized spacial score (nSPS) is 14.9. The highest BCUT2D eigenvalue weighted by Crippen LogP contribution is 2.32. The molecule has 1 heterocycles. The summed E-state index contributed by atoms with van der Waals surface area (Å²) in [6, 6.07) is 15.3. The van der Waals surface area contributed by atoms with Crippen LogP contribution >= 0.6 is 0 Å². The lowest BCUT2D eigenvalue weighted by Crippen LogP contribution is -2.44. The van der Waals surface area contributed by atoms with Crippen LogP contribution in [0.4, 0.5) is 28.0 Å². The Hall–Kier alpha value is -3.44. The molecular weight excluding hydrogens is 524 g/mol. The number of rotatable bonds is 6. The monoisotopic (exact) mass is 550 g/mol. The molecule has 11 heteroatoms. The smallest absolute Gasteiger partial charge is 0.380 e. The third-order valence-corrected chi connectivity index (χ3v) is 8.76. The van der Waals surface area contributed by atoms with Crippen molar-refractivity contribution in [2.75, 3.05) is 25.5 Å². The maximum Gasteiger partial charge on any atom is 0.416 e. The van der Waals surface area contributed by atoms with Gasteiger partial charge in [0.2, 0.25) is 0 Å². The number of carbonyl (C=O) groups is 1. The lowest BCUT2D eigenvalue weighted by atomic mass is 10.0. The molecule has 0 spiro atoms. The summed E-state index contributed by atoms with van der Waals surface area (Å²) in [5.41, 5.74) is 1.14. The molecule has 1 aliphatic heterocycles. The van der Waals surface area contributed by atoms with Crippen LogP contribution in [0.5, 0.6) is 0 Å². The number of likely N-dealkylation sites (tertiary alicyclic amines) is 1. The van der Waals surface area contributed by atoms with Crippen LogP contribution in [0.25, 0.3) is 11.1 Å². The van der Waals surface area contributed by atoms with Gasteiger partial charge in [-0.2, -0.15) is 13.2 Å². The topological polar surface area (TPSA) is 75.7 Å². The van der Waals surface area contributed by atoms with Crippen LogP contribution in [0.15, 0.2) is 71.6 Å². The SMILES string of the molecule is COCc1ccc(-c2ccc(S(=O)(=O)C3CCN(C(=O)Nc4cc(C(F)(F)F)ccc4F)CC3)cc2)cc1. The van der Waals surface area contributed by atoms with Gasteiger partial charge in [0.1, 0.15) is 5.82 Å². The largest absolute Gasteiger partial charge is 0.416 e. The molecule has 4 rings (SSSR count). The number of nitrogens with zero attached hydrogens (tertiary/aromatic N) is 1. The lowest BCUT2D eigenvalue weighted by molar-refractivity contribution is -0.137. The second-order valence-corrected chi connectivity index (χ2v) is 11.2. The average molecular weight is 551 g/mol. The first-order valence-electron chi connectivity index (χ1n) is 11.8. The van der Waals surface area contributed by atoms with Crippen LogP contribution < -0.4 is 5.32 Å². The van der Waals surface area contributed by atoms with Gasteiger partial charge in [0.05, 0.1) is 28.0 Å². The minimum absolute atomic E-state index is 0.0578. The summed E-state index contributed by atoms with van der Waals surface area (Å²) >= 11 is 0. The number of sulfone groups is 1. The van der Waals surface area contributed by atoms with E-state index >= 15 is 0 Å². The van der Waals surface area contributed by atoms with E-state index in [-0.39, 0.29) is 30.8 Å². The predicted molar refractivity (Wildman–Crippen MR) is 135 cm³/mol. The first-order valence-corrected chi connectivity index (χ1v) is 13.4. The maximum atomic E-state index is 14.0. The number of halogens is 4. The summed E-state index contributed by atoms with van der Waals surface area (Å²) in [5, 5.41) is 1.44. The van der Waals surface area contributed by atoms with E-state index in [0.717, 1.165) is 16.7 Å². The molecule has 1 fully saturated rings. The third kappa shape index (κ3) is 6.16. The van der Waals surface area contributed by atoms with Crippen LogP contribution in [0.1, 0.15) is 24.0 Å². The molecule has 1 aliphatic rings. The predicted octanol–water partition coefficient (Wildman–Crippen LogP) is 6.13. The number of carbonyl (C=O) groups excluding carboxylic acids is 1. The van der Waals surface area contributed by atoms with Crippen LogP contribution in [-0.2, 0) is 27.4 Å². The number of benzene rings is 3. The third-order valence-electron chi connectivity index (χ3n) is 6.48. The fourth-order valence-corrected chi connectivity index (χ4v) is 6.08. The second kappa shape index (κ2) is 11.1. The van der Waals surface area contributed by atoms with Crippen molar-refractivity contribution >= 4 is 21.6 Å². The molecule has 1 saturated heterocycles. The van der Waals surface area contributed by atoms with Gasteiger partial charge in [-0.05, 0) is 59.9 Å².